The molecule has 0 radical (unpaired) electrons. The fraction of sp³-hybridized carbons (Fsp3) is 0.400. The molecule has 2 unspecified atom stereocenters. The molecule has 2 aliphatic rings. The molecule has 0 saturated carbocycles. The minimum Gasteiger partial charge on any atom is -0.453 e. The highest BCUT2D eigenvalue weighted by Crippen LogP contribution is 2.27. The van der Waals surface area contributed by atoms with Crippen molar-refractivity contribution in [1.29, 1.82) is 5.41 Å². The minimum atomic E-state index is -0.417. The van der Waals surface area contributed by atoms with Gasteiger partial charge in [0, 0.05) is 55.9 Å². The summed E-state index contributed by atoms with van der Waals surface area (Å²) in [5, 5.41) is 10.8. The summed E-state index contributed by atoms with van der Waals surface area (Å²) < 4.78 is 10.6. The van der Waals surface area contributed by atoms with Crippen molar-refractivity contribution < 1.29 is 23.9 Å². The molecule has 2 aliphatic heterocycles. The van der Waals surface area contributed by atoms with E-state index in [0.717, 1.165) is 6.42 Å². The van der Waals surface area contributed by atoms with Crippen LogP contribution in [0, 0.1) is 5.41 Å². The molecule has 11 nitrogen and oxygen atoms in total. The van der Waals surface area contributed by atoms with Gasteiger partial charge in [0.05, 0.1) is 19.2 Å². The number of methoxy groups -OCH3 is 1. The van der Waals surface area contributed by atoms with Crippen LogP contribution < -0.4 is 10.2 Å². The number of benzene rings is 1. The first-order valence-corrected chi connectivity index (χ1v) is 11.9. The molecule has 11 heteroatoms. The molecule has 2 fully saturated rings. The van der Waals surface area contributed by atoms with Crippen molar-refractivity contribution in [2.24, 2.45) is 0 Å². The summed E-state index contributed by atoms with van der Waals surface area (Å²) in [5.41, 5.74) is 1.53. The van der Waals surface area contributed by atoms with Gasteiger partial charge in [0.15, 0.2) is 0 Å². The van der Waals surface area contributed by atoms with E-state index in [1.807, 2.05) is 0 Å². The first-order chi connectivity index (χ1) is 17.4. The van der Waals surface area contributed by atoms with E-state index < -0.39 is 12.0 Å². The van der Waals surface area contributed by atoms with Crippen LogP contribution in [0.1, 0.15) is 29.3 Å². The van der Waals surface area contributed by atoms with Crippen molar-refractivity contribution in [2.45, 2.75) is 25.5 Å². The maximum Gasteiger partial charge on any atom is 0.414 e. The van der Waals surface area contributed by atoms with E-state index in [2.05, 4.69) is 22.1 Å². The summed E-state index contributed by atoms with van der Waals surface area (Å²) in [6.07, 6.45) is 2.76. The quantitative estimate of drug-likeness (QED) is 0.466. The summed E-state index contributed by atoms with van der Waals surface area (Å²) >= 11 is 0. The van der Waals surface area contributed by atoms with E-state index in [9.17, 15) is 14.4 Å². The van der Waals surface area contributed by atoms with Crippen LogP contribution in [-0.2, 0) is 9.47 Å². The molecule has 3 amide bonds. The number of carbonyl (C=O) groups is 3. The largest absolute Gasteiger partial charge is 0.453 e. The van der Waals surface area contributed by atoms with Gasteiger partial charge in [-0.2, -0.15) is 0 Å². The number of anilines is 1. The van der Waals surface area contributed by atoms with Crippen molar-refractivity contribution in [3.8, 4) is 0 Å². The lowest BCUT2D eigenvalue weighted by molar-refractivity contribution is 0.0258. The van der Waals surface area contributed by atoms with Gasteiger partial charge < -0.3 is 19.7 Å². The number of cyclic esters (lactones) is 1. The van der Waals surface area contributed by atoms with Gasteiger partial charge in [0.2, 0.25) is 0 Å². The van der Waals surface area contributed by atoms with Crippen LogP contribution in [0.15, 0.2) is 48.8 Å². The molecule has 190 valence electrons. The number of amidine groups is 1. The number of hydrogen-bond acceptors (Lipinski definition) is 8. The maximum absolute atomic E-state index is 12.7. The molecule has 2 saturated heterocycles. The molecule has 1 aromatic carbocycles. The van der Waals surface area contributed by atoms with E-state index >= 15 is 0 Å². The zero-order valence-electron chi connectivity index (χ0n) is 20.3. The van der Waals surface area contributed by atoms with Crippen molar-refractivity contribution in [3.05, 3.63) is 59.9 Å². The average Bonchev–Trinajstić information content (AvgIpc) is 3.30. The van der Waals surface area contributed by atoms with Gasteiger partial charge in [0.25, 0.3) is 5.91 Å². The third-order valence-corrected chi connectivity index (χ3v) is 6.53. The average molecular weight is 495 g/mol. The Balaban J connectivity index is 1.36. The number of pyridine rings is 1. The van der Waals surface area contributed by atoms with Gasteiger partial charge in [-0.15, -0.1) is 0 Å². The van der Waals surface area contributed by atoms with Gasteiger partial charge in [-0.25, -0.2) is 9.59 Å². The Morgan fingerprint density at radius 1 is 1.17 bits per heavy atom. The zero-order valence-corrected chi connectivity index (χ0v) is 20.3. The van der Waals surface area contributed by atoms with E-state index in [1.54, 1.807) is 52.4 Å². The molecule has 0 aliphatic carbocycles. The summed E-state index contributed by atoms with van der Waals surface area (Å²) in [4.78, 5) is 46.2. The van der Waals surface area contributed by atoms with Crippen LogP contribution >= 0.6 is 0 Å². The molecule has 4 rings (SSSR count). The molecule has 3 heterocycles. The van der Waals surface area contributed by atoms with Crippen LogP contribution in [0.25, 0.3) is 0 Å². The van der Waals surface area contributed by atoms with Crippen LogP contribution in [0.5, 0.6) is 0 Å². The van der Waals surface area contributed by atoms with Crippen LogP contribution in [0.4, 0.5) is 15.3 Å². The highest BCUT2D eigenvalue weighted by Gasteiger charge is 2.40. The monoisotopic (exact) mass is 494 g/mol. The number of amides is 3. The Morgan fingerprint density at radius 3 is 2.50 bits per heavy atom. The molecule has 2 aromatic rings. The van der Waals surface area contributed by atoms with E-state index in [4.69, 9.17) is 14.9 Å². The SMILES string of the molecule is CCC(C1CN(c2ccc(C(=N)NC(=O)c3cccnc3)cc2)C(=O)O1)N1CCN(C(=O)OC)CC1. The van der Waals surface area contributed by atoms with Crippen molar-refractivity contribution >= 4 is 29.6 Å². The second kappa shape index (κ2) is 11.2. The molecule has 1 aromatic heterocycles. The number of nitrogens with one attached hydrogen (secondary N) is 2. The van der Waals surface area contributed by atoms with Crippen molar-refractivity contribution in [2.75, 3.05) is 44.7 Å². The van der Waals surface area contributed by atoms with Crippen LogP contribution in [0.3, 0.4) is 0 Å². The molecular weight excluding hydrogens is 464 g/mol. The lowest BCUT2D eigenvalue weighted by Gasteiger charge is -2.39. The second-order valence-corrected chi connectivity index (χ2v) is 8.62. The van der Waals surface area contributed by atoms with Crippen LogP contribution in [-0.4, -0.2) is 90.7 Å². The fourth-order valence-corrected chi connectivity index (χ4v) is 4.58. The topological polar surface area (TPSA) is 128 Å². The number of aromatic nitrogens is 1. The number of piperazine rings is 1. The molecular formula is C25H30N6O5. The number of ether oxygens (including phenoxy) is 2. The predicted octanol–water partition coefficient (Wildman–Crippen LogP) is 2.32. The number of nitrogens with zero attached hydrogens (tertiary/aromatic N) is 4. The van der Waals surface area contributed by atoms with Gasteiger partial charge in [-0.3, -0.25) is 25.0 Å². The highest BCUT2D eigenvalue weighted by atomic mass is 16.6. The Morgan fingerprint density at radius 2 is 1.89 bits per heavy atom. The normalized spacial score (nSPS) is 18.9. The first-order valence-electron chi connectivity index (χ1n) is 11.9. The third-order valence-electron chi connectivity index (χ3n) is 6.53. The zero-order chi connectivity index (χ0) is 25.7. The standard InChI is InChI=1S/C25H30N6O5/c1-3-20(29-11-13-30(14-12-29)24(33)35-2)21-16-31(25(34)36-21)19-8-6-17(7-9-19)22(26)28-23(32)18-5-4-10-27-15-18/h4-10,15,20-21H,3,11-14,16H2,1-2H3,(H2,26,28,32). The molecule has 2 N–H and O–H groups in total. The number of hydrogen-bond donors (Lipinski definition) is 2. The van der Waals surface area contributed by atoms with Gasteiger partial charge in [-0.05, 0) is 42.8 Å². The summed E-state index contributed by atoms with van der Waals surface area (Å²) in [6.45, 7) is 4.97. The molecule has 0 spiro atoms. The number of rotatable bonds is 6. The summed E-state index contributed by atoms with van der Waals surface area (Å²) in [7, 11) is 1.38. The second-order valence-electron chi connectivity index (χ2n) is 8.62. The lowest BCUT2D eigenvalue weighted by Crippen LogP contribution is -2.55. The van der Waals surface area contributed by atoms with E-state index in [0.29, 0.717) is 49.5 Å². The molecule has 36 heavy (non-hydrogen) atoms. The predicted molar refractivity (Wildman–Crippen MR) is 132 cm³/mol. The first kappa shape index (κ1) is 25.1. The number of carbonyl (C=O) groups excluding carboxylic acids is 3. The Bertz CT molecular complexity index is 1100. The van der Waals surface area contributed by atoms with E-state index in [-0.39, 0.29) is 24.1 Å². The van der Waals surface area contributed by atoms with Gasteiger partial charge in [0.1, 0.15) is 11.9 Å². The third kappa shape index (κ3) is 5.46. The summed E-state index contributed by atoms with van der Waals surface area (Å²) in [6, 6.07) is 10.2. The maximum atomic E-state index is 12.7. The summed E-state index contributed by atoms with van der Waals surface area (Å²) in [5.74, 6) is -0.462. The minimum absolute atomic E-state index is 0.0360. The van der Waals surface area contributed by atoms with Gasteiger partial charge >= 0.3 is 12.2 Å². The van der Waals surface area contributed by atoms with E-state index in [1.165, 1.54) is 13.3 Å². The Kier molecular flexibility index (Phi) is 7.79. The molecule has 2 atom stereocenters. The smallest absolute Gasteiger partial charge is 0.414 e. The lowest BCUT2D eigenvalue weighted by atomic mass is 10.0. The molecule has 0 bridgehead atoms. The van der Waals surface area contributed by atoms with Gasteiger partial charge in [-0.1, -0.05) is 6.92 Å². The Hall–Kier alpha value is -3.99. The van der Waals surface area contributed by atoms with Crippen molar-refractivity contribution in [1.82, 2.24) is 20.1 Å². The van der Waals surface area contributed by atoms with Crippen LogP contribution in [0.2, 0.25) is 0 Å². The van der Waals surface area contributed by atoms with Crippen molar-refractivity contribution in [3.63, 3.8) is 0 Å². The highest BCUT2D eigenvalue weighted by molar-refractivity contribution is 6.11. The fourth-order valence-electron chi connectivity index (χ4n) is 4.58. The Labute approximate surface area is 209 Å².